The van der Waals surface area contributed by atoms with Gasteiger partial charge in [0.2, 0.25) is 5.91 Å². The number of amides is 1. The first-order valence-corrected chi connectivity index (χ1v) is 8.43. The molecule has 0 unspecified atom stereocenters. The van der Waals surface area contributed by atoms with Crippen LogP contribution in [0.25, 0.3) is 0 Å². The number of hydrogen-bond acceptors (Lipinski definition) is 2. The van der Waals surface area contributed by atoms with Crippen LogP contribution in [-0.2, 0) is 11.3 Å². The Morgan fingerprint density at radius 3 is 2.83 bits per heavy atom. The van der Waals surface area contributed by atoms with Crippen LogP contribution in [0.5, 0.6) is 0 Å². The number of anilines is 2. The Kier molecular flexibility index (Phi) is 4.66. The molecule has 0 bridgehead atoms. The van der Waals surface area contributed by atoms with Crippen molar-refractivity contribution in [3.63, 3.8) is 0 Å². The molecule has 1 fully saturated rings. The minimum absolute atomic E-state index is 0.171. The molecule has 120 valence electrons. The van der Waals surface area contributed by atoms with E-state index in [0.717, 1.165) is 34.4 Å². The van der Waals surface area contributed by atoms with Gasteiger partial charge < -0.3 is 10.2 Å². The van der Waals surface area contributed by atoms with Crippen LogP contribution in [0.3, 0.4) is 0 Å². The third-order valence-corrected chi connectivity index (χ3v) is 4.65. The van der Waals surface area contributed by atoms with Crippen LogP contribution >= 0.6 is 15.9 Å². The van der Waals surface area contributed by atoms with Gasteiger partial charge in [-0.3, -0.25) is 4.79 Å². The molecule has 0 aliphatic carbocycles. The monoisotopic (exact) mass is 376 g/mol. The molecule has 1 aliphatic rings. The highest BCUT2D eigenvalue weighted by Crippen LogP contribution is 2.30. The van der Waals surface area contributed by atoms with Crippen molar-refractivity contribution < 1.29 is 9.18 Å². The van der Waals surface area contributed by atoms with E-state index in [-0.39, 0.29) is 11.7 Å². The lowest BCUT2D eigenvalue weighted by Gasteiger charge is -2.21. The average molecular weight is 377 g/mol. The number of halogens is 2. The summed E-state index contributed by atoms with van der Waals surface area (Å²) < 4.78 is 14.6. The number of nitrogens with zero attached hydrogens (tertiary/aromatic N) is 1. The predicted octanol–water partition coefficient (Wildman–Crippen LogP) is 4.64. The fraction of sp³-hybridized carbons (Fsp3) is 0.278. The fourth-order valence-corrected chi connectivity index (χ4v) is 3.20. The van der Waals surface area contributed by atoms with Crippen molar-refractivity contribution in [1.29, 1.82) is 0 Å². The summed E-state index contributed by atoms with van der Waals surface area (Å²) in [6.45, 7) is 3.16. The van der Waals surface area contributed by atoms with Crippen LogP contribution in [0, 0.1) is 12.7 Å². The lowest BCUT2D eigenvalue weighted by atomic mass is 10.1. The standard InChI is InChI=1S/C18H18BrFN2O/c1-12-16(21-11-13-7-8-14(19)10-15(13)20)4-2-5-17(12)22-9-3-6-18(22)23/h2,4-5,7-8,10,21H,3,6,9,11H2,1H3. The first kappa shape index (κ1) is 16.0. The van der Waals surface area contributed by atoms with Gasteiger partial charge in [-0.2, -0.15) is 0 Å². The minimum atomic E-state index is -0.240. The topological polar surface area (TPSA) is 32.3 Å². The summed E-state index contributed by atoms with van der Waals surface area (Å²) in [5.74, 6) is -0.0698. The zero-order valence-corrected chi connectivity index (χ0v) is 14.5. The normalized spacial score (nSPS) is 14.4. The van der Waals surface area contributed by atoms with Crippen molar-refractivity contribution in [2.45, 2.75) is 26.3 Å². The molecule has 1 N–H and O–H groups in total. The van der Waals surface area contributed by atoms with E-state index in [1.165, 1.54) is 6.07 Å². The van der Waals surface area contributed by atoms with Crippen LogP contribution in [-0.4, -0.2) is 12.5 Å². The van der Waals surface area contributed by atoms with E-state index >= 15 is 0 Å². The SMILES string of the molecule is Cc1c(NCc2ccc(Br)cc2F)cccc1N1CCCC1=O. The Morgan fingerprint density at radius 2 is 2.13 bits per heavy atom. The number of carbonyl (C=O) groups is 1. The Bertz CT molecular complexity index is 748. The molecular weight excluding hydrogens is 359 g/mol. The van der Waals surface area contributed by atoms with Crippen molar-refractivity contribution in [1.82, 2.24) is 0 Å². The summed E-state index contributed by atoms with van der Waals surface area (Å²) in [6, 6.07) is 10.9. The van der Waals surface area contributed by atoms with Crippen molar-refractivity contribution >= 4 is 33.2 Å². The molecule has 1 heterocycles. The third-order valence-electron chi connectivity index (χ3n) is 4.15. The molecule has 5 heteroatoms. The average Bonchev–Trinajstić information content (AvgIpc) is 2.94. The van der Waals surface area contributed by atoms with E-state index in [1.54, 1.807) is 6.07 Å². The number of carbonyl (C=O) groups excluding carboxylic acids is 1. The summed E-state index contributed by atoms with van der Waals surface area (Å²) >= 11 is 3.26. The summed E-state index contributed by atoms with van der Waals surface area (Å²) in [5, 5.41) is 3.27. The lowest BCUT2D eigenvalue weighted by molar-refractivity contribution is -0.117. The molecule has 0 aromatic heterocycles. The first-order chi connectivity index (χ1) is 11.1. The summed E-state index contributed by atoms with van der Waals surface area (Å²) in [6.07, 6.45) is 1.52. The smallest absolute Gasteiger partial charge is 0.227 e. The second-order valence-electron chi connectivity index (χ2n) is 5.69. The van der Waals surface area contributed by atoms with E-state index in [2.05, 4.69) is 21.2 Å². The van der Waals surface area contributed by atoms with Gasteiger partial charge in [0, 0.05) is 40.9 Å². The third kappa shape index (κ3) is 3.39. The van der Waals surface area contributed by atoms with Crippen molar-refractivity contribution in [3.8, 4) is 0 Å². The highest BCUT2D eigenvalue weighted by molar-refractivity contribution is 9.10. The first-order valence-electron chi connectivity index (χ1n) is 7.64. The van der Waals surface area contributed by atoms with Crippen molar-refractivity contribution in [2.24, 2.45) is 0 Å². The summed E-state index contributed by atoms with van der Waals surface area (Å²) in [7, 11) is 0. The molecule has 1 aliphatic heterocycles. The van der Waals surface area contributed by atoms with Crippen LogP contribution < -0.4 is 10.2 Å². The molecule has 0 atom stereocenters. The molecule has 1 saturated heterocycles. The quantitative estimate of drug-likeness (QED) is 0.842. The molecule has 3 nitrogen and oxygen atoms in total. The van der Waals surface area contributed by atoms with Gasteiger partial charge in [0.25, 0.3) is 0 Å². The van der Waals surface area contributed by atoms with Gasteiger partial charge in [0.15, 0.2) is 0 Å². The molecule has 0 spiro atoms. The molecule has 2 aromatic rings. The predicted molar refractivity (Wildman–Crippen MR) is 94.2 cm³/mol. The van der Waals surface area contributed by atoms with Gasteiger partial charge in [-0.25, -0.2) is 4.39 Å². The molecule has 3 rings (SSSR count). The van der Waals surface area contributed by atoms with Crippen LogP contribution in [0.4, 0.5) is 15.8 Å². The number of benzene rings is 2. The highest BCUT2D eigenvalue weighted by atomic mass is 79.9. The second-order valence-corrected chi connectivity index (χ2v) is 6.60. The number of nitrogens with one attached hydrogen (secondary N) is 1. The minimum Gasteiger partial charge on any atom is -0.381 e. The van der Waals surface area contributed by atoms with E-state index in [4.69, 9.17) is 0 Å². The molecule has 23 heavy (non-hydrogen) atoms. The van der Waals surface area contributed by atoms with E-state index in [9.17, 15) is 9.18 Å². The summed E-state index contributed by atoms with van der Waals surface area (Å²) in [5.41, 5.74) is 3.48. The highest BCUT2D eigenvalue weighted by Gasteiger charge is 2.23. The zero-order valence-electron chi connectivity index (χ0n) is 12.9. The van der Waals surface area contributed by atoms with Gasteiger partial charge >= 0.3 is 0 Å². The Labute approximate surface area is 143 Å². The number of hydrogen-bond donors (Lipinski definition) is 1. The van der Waals surface area contributed by atoms with Gasteiger partial charge in [0.05, 0.1) is 0 Å². The van der Waals surface area contributed by atoms with E-state index in [1.807, 2.05) is 36.1 Å². The lowest BCUT2D eigenvalue weighted by Crippen LogP contribution is -2.24. The maximum Gasteiger partial charge on any atom is 0.227 e. The number of rotatable bonds is 4. The molecule has 1 amide bonds. The van der Waals surface area contributed by atoms with Crippen LogP contribution in [0.2, 0.25) is 0 Å². The Morgan fingerprint density at radius 1 is 1.30 bits per heavy atom. The van der Waals surface area contributed by atoms with E-state index in [0.29, 0.717) is 18.5 Å². The molecular formula is C18H18BrFN2O. The summed E-state index contributed by atoms with van der Waals surface area (Å²) in [4.78, 5) is 13.8. The molecule has 0 saturated carbocycles. The van der Waals surface area contributed by atoms with Gasteiger partial charge in [-0.05, 0) is 43.2 Å². The van der Waals surface area contributed by atoms with Gasteiger partial charge in [0.1, 0.15) is 5.82 Å². The maximum atomic E-state index is 13.9. The van der Waals surface area contributed by atoms with Crippen molar-refractivity contribution in [3.05, 3.63) is 57.8 Å². The van der Waals surface area contributed by atoms with Gasteiger partial charge in [-0.15, -0.1) is 0 Å². The molecule has 0 radical (unpaired) electrons. The van der Waals surface area contributed by atoms with Crippen LogP contribution in [0.1, 0.15) is 24.0 Å². The fourth-order valence-electron chi connectivity index (χ4n) is 2.87. The van der Waals surface area contributed by atoms with Crippen molar-refractivity contribution in [2.75, 3.05) is 16.8 Å². The van der Waals surface area contributed by atoms with E-state index < -0.39 is 0 Å². The van der Waals surface area contributed by atoms with Gasteiger partial charge in [-0.1, -0.05) is 28.1 Å². The largest absolute Gasteiger partial charge is 0.381 e. The molecule has 2 aromatic carbocycles. The van der Waals surface area contributed by atoms with Crippen LogP contribution in [0.15, 0.2) is 40.9 Å². The zero-order chi connectivity index (χ0) is 16.4. The second kappa shape index (κ2) is 6.71. The maximum absolute atomic E-state index is 13.9. The Balaban J connectivity index is 1.79. The Hall–Kier alpha value is -1.88.